The molecule has 0 saturated heterocycles. The molecule has 1 aliphatic rings. The van der Waals surface area contributed by atoms with Crippen LogP contribution >= 0.6 is 23.6 Å². The SMILES string of the molecule is CCC(CC1CC1)NS(=O)(=O)c1ccc(C(N)=S)s1. The standard InChI is InChI=1S/C12H18N2O2S3/c1-2-9(7-8-3-4-8)14-19(15,16)11-6-5-10(18-11)12(13)17/h5-6,8-9,14H,2-4,7H2,1H3,(H2,13,17). The normalized spacial score (nSPS) is 17.3. The molecule has 19 heavy (non-hydrogen) atoms. The molecule has 1 unspecified atom stereocenters. The smallest absolute Gasteiger partial charge is 0.250 e. The second-order valence-electron chi connectivity index (χ2n) is 4.89. The summed E-state index contributed by atoms with van der Waals surface area (Å²) in [6.45, 7) is 2.00. The molecule has 0 amide bonds. The minimum atomic E-state index is -3.45. The van der Waals surface area contributed by atoms with Gasteiger partial charge in [0.1, 0.15) is 9.20 Å². The van der Waals surface area contributed by atoms with Gasteiger partial charge in [-0.25, -0.2) is 13.1 Å². The van der Waals surface area contributed by atoms with Crippen LogP contribution < -0.4 is 10.5 Å². The van der Waals surface area contributed by atoms with E-state index in [4.69, 9.17) is 18.0 Å². The molecule has 1 fully saturated rings. The zero-order chi connectivity index (χ0) is 14.0. The van der Waals surface area contributed by atoms with Crippen molar-refractivity contribution in [3.05, 3.63) is 17.0 Å². The van der Waals surface area contributed by atoms with Crippen LogP contribution in [0.3, 0.4) is 0 Å². The van der Waals surface area contributed by atoms with Gasteiger partial charge in [0, 0.05) is 6.04 Å². The molecule has 2 rings (SSSR count). The largest absolute Gasteiger partial charge is 0.389 e. The molecule has 0 spiro atoms. The van der Waals surface area contributed by atoms with Crippen LogP contribution in [0.15, 0.2) is 16.3 Å². The van der Waals surface area contributed by atoms with Gasteiger partial charge in [-0.2, -0.15) is 0 Å². The van der Waals surface area contributed by atoms with Crippen LogP contribution in [0.1, 0.15) is 37.5 Å². The molecule has 1 atom stereocenters. The van der Waals surface area contributed by atoms with Crippen LogP contribution in [-0.4, -0.2) is 19.4 Å². The average Bonchev–Trinajstić information content (AvgIpc) is 2.99. The van der Waals surface area contributed by atoms with Crippen molar-refractivity contribution in [1.82, 2.24) is 4.72 Å². The van der Waals surface area contributed by atoms with Crippen molar-refractivity contribution >= 4 is 38.6 Å². The second kappa shape index (κ2) is 5.87. The number of thiophene rings is 1. The molecule has 4 nitrogen and oxygen atoms in total. The van der Waals surface area contributed by atoms with Crippen molar-refractivity contribution in [2.24, 2.45) is 11.7 Å². The van der Waals surface area contributed by atoms with Gasteiger partial charge in [0.15, 0.2) is 0 Å². The van der Waals surface area contributed by atoms with E-state index in [0.29, 0.717) is 10.8 Å². The van der Waals surface area contributed by atoms with E-state index in [1.165, 1.54) is 12.8 Å². The van der Waals surface area contributed by atoms with E-state index in [9.17, 15) is 8.42 Å². The summed E-state index contributed by atoms with van der Waals surface area (Å²) >= 11 is 5.97. The summed E-state index contributed by atoms with van der Waals surface area (Å²) < 4.78 is 27.6. The van der Waals surface area contributed by atoms with E-state index in [0.717, 1.165) is 24.2 Å². The van der Waals surface area contributed by atoms with Crippen LogP contribution in [0.25, 0.3) is 0 Å². The fraction of sp³-hybridized carbons (Fsp3) is 0.583. The molecule has 1 aliphatic carbocycles. The molecule has 1 saturated carbocycles. The van der Waals surface area contributed by atoms with Crippen molar-refractivity contribution in [2.45, 2.75) is 42.9 Å². The van der Waals surface area contributed by atoms with Crippen molar-refractivity contribution in [2.75, 3.05) is 0 Å². The molecule has 0 radical (unpaired) electrons. The lowest BCUT2D eigenvalue weighted by molar-refractivity contribution is 0.496. The number of hydrogen-bond acceptors (Lipinski definition) is 4. The van der Waals surface area contributed by atoms with Gasteiger partial charge in [-0.3, -0.25) is 0 Å². The molecule has 1 heterocycles. The topological polar surface area (TPSA) is 72.2 Å². The molecule has 1 aromatic heterocycles. The predicted molar refractivity (Wildman–Crippen MR) is 81.9 cm³/mol. The third kappa shape index (κ3) is 3.98. The lowest BCUT2D eigenvalue weighted by Crippen LogP contribution is -2.34. The van der Waals surface area contributed by atoms with Gasteiger partial charge < -0.3 is 5.73 Å². The maximum Gasteiger partial charge on any atom is 0.250 e. The molecule has 3 N–H and O–H groups in total. The van der Waals surface area contributed by atoms with Crippen molar-refractivity contribution in [3.8, 4) is 0 Å². The van der Waals surface area contributed by atoms with E-state index < -0.39 is 10.0 Å². The lowest BCUT2D eigenvalue weighted by Gasteiger charge is -2.15. The van der Waals surface area contributed by atoms with Gasteiger partial charge in [0.05, 0.1) is 4.88 Å². The van der Waals surface area contributed by atoms with Gasteiger partial charge in [0.25, 0.3) is 0 Å². The summed E-state index contributed by atoms with van der Waals surface area (Å²) in [5.74, 6) is 0.697. The average molecular weight is 318 g/mol. The maximum absolute atomic E-state index is 12.3. The summed E-state index contributed by atoms with van der Waals surface area (Å²) in [5.41, 5.74) is 5.50. The molecular weight excluding hydrogens is 300 g/mol. The molecule has 0 aliphatic heterocycles. The van der Waals surface area contributed by atoms with Crippen LogP contribution in [0.2, 0.25) is 0 Å². The van der Waals surface area contributed by atoms with Crippen molar-refractivity contribution in [1.29, 1.82) is 0 Å². The Bertz CT molecular complexity index is 561. The first-order valence-corrected chi connectivity index (χ1v) is 9.05. The fourth-order valence-corrected chi connectivity index (χ4v) is 4.63. The summed E-state index contributed by atoms with van der Waals surface area (Å²) in [7, 11) is -3.45. The highest BCUT2D eigenvalue weighted by Crippen LogP contribution is 2.34. The number of thiocarbonyl (C=S) groups is 1. The summed E-state index contributed by atoms with van der Waals surface area (Å²) in [6.07, 6.45) is 4.19. The number of nitrogens with one attached hydrogen (secondary N) is 1. The quantitative estimate of drug-likeness (QED) is 0.756. The van der Waals surface area contributed by atoms with E-state index in [1.807, 2.05) is 6.92 Å². The van der Waals surface area contributed by atoms with Gasteiger partial charge in [-0.1, -0.05) is 32.0 Å². The van der Waals surface area contributed by atoms with E-state index in [-0.39, 0.29) is 15.2 Å². The zero-order valence-electron chi connectivity index (χ0n) is 10.8. The number of nitrogens with two attached hydrogens (primary N) is 1. The summed E-state index contributed by atoms with van der Waals surface area (Å²) in [6, 6.07) is 3.24. The van der Waals surface area contributed by atoms with Crippen LogP contribution in [0.4, 0.5) is 0 Å². The fourth-order valence-electron chi connectivity index (χ4n) is 1.93. The Kier molecular flexibility index (Phi) is 4.60. The summed E-state index contributed by atoms with van der Waals surface area (Å²) in [5, 5.41) is 0. The first-order chi connectivity index (χ1) is 8.92. The molecule has 106 valence electrons. The Labute approximate surface area is 123 Å². The zero-order valence-corrected chi connectivity index (χ0v) is 13.2. The first-order valence-electron chi connectivity index (χ1n) is 6.34. The Morgan fingerprint density at radius 1 is 1.58 bits per heavy atom. The first kappa shape index (κ1) is 14.9. The minimum Gasteiger partial charge on any atom is -0.389 e. The number of hydrogen-bond donors (Lipinski definition) is 2. The van der Waals surface area contributed by atoms with Gasteiger partial charge in [0.2, 0.25) is 10.0 Å². The molecule has 0 aromatic carbocycles. The Morgan fingerprint density at radius 2 is 2.26 bits per heavy atom. The summed E-state index contributed by atoms with van der Waals surface area (Å²) in [4.78, 5) is 0.863. The number of sulfonamides is 1. The predicted octanol–water partition coefficient (Wildman–Crippen LogP) is 2.24. The second-order valence-corrected chi connectivity index (χ2v) is 8.35. The molecule has 1 aromatic rings. The van der Waals surface area contributed by atoms with Gasteiger partial charge in [-0.15, -0.1) is 11.3 Å². The highest BCUT2D eigenvalue weighted by molar-refractivity contribution is 7.91. The molecular formula is C12H18N2O2S3. The Hall–Kier alpha value is -0.500. The van der Waals surface area contributed by atoms with Gasteiger partial charge in [-0.05, 0) is 30.9 Å². The third-order valence-electron chi connectivity index (χ3n) is 3.22. The van der Waals surface area contributed by atoms with Crippen LogP contribution in [0, 0.1) is 5.92 Å². The van der Waals surface area contributed by atoms with E-state index in [1.54, 1.807) is 12.1 Å². The number of rotatable bonds is 7. The van der Waals surface area contributed by atoms with Crippen LogP contribution in [0.5, 0.6) is 0 Å². The Balaban J connectivity index is 2.08. The third-order valence-corrected chi connectivity index (χ3v) is 6.70. The minimum absolute atomic E-state index is 0.0212. The molecule has 7 heteroatoms. The lowest BCUT2D eigenvalue weighted by atomic mass is 10.1. The highest BCUT2D eigenvalue weighted by atomic mass is 32.2. The van der Waals surface area contributed by atoms with Crippen molar-refractivity contribution in [3.63, 3.8) is 0 Å². The van der Waals surface area contributed by atoms with Gasteiger partial charge >= 0.3 is 0 Å². The van der Waals surface area contributed by atoms with E-state index in [2.05, 4.69) is 4.72 Å². The van der Waals surface area contributed by atoms with Crippen molar-refractivity contribution < 1.29 is 8.42 Å². The van der Waals surface area contributed by atoms with E-state index >= 15 is 0 Å². The maximum atomic E-state index is 12.3. The van der Waals surface area contributed by atoms with Crippen LogP contribution in [-0.2, 0) is 10.0 Å². The Morgan fingerprint density at radius 3 is 2.74 bits per heavy atom. The monoisotopic (exact) mass is 318 g/mol. The highest BCUT2D eigenvalue weighted by Gasteiger charge is 2.28. The molecule has 0 bridgehead atoms.